The summed E-state index contributed by atoms with van der Waals surface area (Å²) < 4.78 is 53.0. The number of unbranched alkanes of at least 4 members (excludes halogenated alkanes) is 2. The van der Waals surface area contributed by atoms with Gasteiger partial charge in [0.1, 0.15) is 6.10 Å². The molecule has 178 valence electrons. The molecule has 3 N–H and O–H groups in total. The van der Waals surface area contributed by atoms with Crippen LogP contribution < -0.4 is 10.7 Å². The lowest BCUT2D eigenvalue weighted by molar-refractivity contribution is -0.313. The molecule has 0 aliphatic heterocycles. The highest BCUT2D eigenvalue weighted by molar-refractivity contribution is 6.03. The fourth-order valence-corrected chi connectivity index (χ4v) is 3.65. The van der Waals surface area contributed by atoms with Crippen molar-refractivity contribution in [1.29, 1.82) is 0 Å². The molecule has 1 aromatic carbocycles. The van der Waals surface area contributed by atoms with Crippen molar-refractivity contribution >= 4 is 11.6 Å². The number of nitrogens with zero attached hydrogens (tertiary/aromatic N) is 1. The van der Waals surface area contributed by atoms with Crippen LogP contribution in [0, 0.1) is 5.92 Å². The molecule has 5 nitrogen and oxygen atoms in total. The van der Waals surface area contributed by atoms with Crippen LogP contribution in [0.3, 0.4) is 0 Å². The van der Waals surface area contributed by atoms with E-state index in [1.54, 1.807) is 7.05 Å². The first-order valence-electron chi connectivity index (χ1n) is 10.8. The fraction of sp³-hybridized carbons (Fsp3) is 0.565. The Kier molecular flexibility index (Phi) is 9.24. The Bertz CT molecular complexity index is 813. The lowest BCUT2D eigenvalue weighted by atomic mass is 9.74. The van der Waals surface area contributed by atoms with Crippen molar-refractivity contribution in [3.8, 4) is 0 Å². The van der Waals surface area contributed by atoms with Crippen LogP contribution in [0.1, 0.15) is 51.0 Å². The summed E-state index contributed by atoms with van der Waals surface area (Å²) in [5.41, 5.74) is 4.43. The minimum atomic E-state index is -4.18. The predicted octanol–water partition coefficient (Wildman–Crippen LogP) is 4.43. The minimum absolute atomic E-state index is 0.295. The van der Waals surface area contributed by atoms with Crippen LogP contribution in [-0.2, 0) is 11.2 Å². The Morgan fingerprint density at radius 2 is 1.94 bits per heavy atom. The minimum Gasteiger partial charge on any atom is -0.386 e. The van der Waals surface area contributed by atoms with E-state index in [0.717, 1.165) is 24.8 Å². The summed E-state index contributed by atoms with van der Waals surface area (Å²) in [5, 5.41) is 17.4. The summed E-state index contributed by atoms with van der Waals surface area (Å²) >= 11 is 0. The number of hydrogen-bond donors (Lipinski definition) is 3. The molecule has 0 radical (unpaired) electrons. The van der Waals surface area contributed by atoms with Gasteiger partial charge < -0.3 is 15.8 Å². The first kappa shape index (κ1) is 25.8. The lowest BCUT2D eigenvalue weighted by Crippen LogP contribution is -2.59. The summed E-state index contributed by atoms with van der Waals surface area (Å²) in [6, 6.07) is 9.32. The molecule has 1 fully saturated rings. The molecule has 0 spiro atoms. The first-order chi connectivity index (χ1) is 15.1. The smallest absolute Gasteiger partial charge is 0.313 e. The third-order valence-corrected chi connectivity index (χ3v) is 5.54. The highest BCUT2D eigenvalue weighted by atomic mass is 19.3. The zero-order valence-corrected chi connectivity index (χ0v) is 18.4. The molecular weight excluding hydrogens is 426 g/mol. The number of nitrogens with one attached hydrogen (secondary N) is 2. The zero-order valence-electron chi connectivity index (χ0n) is 18.4. The van der Waals surface area contributed by atoms with Crippen LogP contribution in [0.15, 0.2) is 47.2 Å². The molecule has 0 aromatic heterocycles. The van der Waals surface area contributed by atoms with E-state index in [1.165, 1.54) is 6.20 Å². The van der Waals surface area contributed by atoms with Crippen LogP contribution in [0.25, 0.3) is 0 Å². The quantitative estimate of drug-likeness (QED) is 0.188. The van der Waals surface area contributed by atoms with E-state index in [4.69, 9.17) is 0 Å². The monoisotopic (exact) mass is 457 g/mol. The zero-order chi connectivity index (χ0) is 23.8. The molecule has 1 amide bonds. The Morgan fingerprint density at radius 1 is 1.25 bits per heavy atom. The second kappa shape index (κ2) is 11.4. The summed E-state index contributed by atoms with van der Waals surface area (Å²) in [4.78, 5) is 12.2. The number of benzene rings is 1. The van der Waals surface area contributed by atoms with Gasteiger partial charge in [-0.1, -0.05) is 50.1 Å². The Labute approximate surface area is 186 Å². The molecule has 1 aromatic rings. The summed E-state index contributed by atoms with van der Waals surface area (Å²) in [6.45, 7) is 2.03. The number of halogens is 4. The van der Waals surface area contributed by atoms with Crippen molar-refractivity contribution in [3.05, 3.63) is 47.7 Å². The maximum atomic E-state index is 13.5. The SMILES string of the molecule is CCCCCC(=C\NC(=O)C[C@@H]1CC(F)(F)C1(F)F)/C(=N\NC)C(O)Cc1ccccc1. The number of carbonyl (C=O) groups excluding carboxylic acids is 1. The molecule has 1 unspecified atom stereocenters. The summed E-state index contributed by atoms with van der Waals surface area (Å²) in [7, 11) is 1.58. The topological polar surface area (TPSA) is 73.7 Å². The van der Waals surface area contributed by atoms with Gasteiger partial charge in [-0.2, -0.15) is 22.7 Å². The highest BCUT2D eigenvalue weighted by Gasteiger charge is 2.71. The second-order valence-electron chi connectivity index (χ2n) is 8.05. The van der Waals surface area contributed by atoms with Gasteiger partial charge in [-0.3, -0.25) is 4.79 Å². The summed E-state index contributed by atoms with van der Waals surface area (Å²) in [6.07, 6.45) is 2.09. The maximum Gasteiger partial charge on any atom is 0.313 e. The van der Waals surface area contributed by atoms with Crippen molar-refractivity contribution in [3.63, 3.8) is 0 Å². The Balaban J connectivity index is 2.12. The van der Waals surface area contributed by atoms with Crippen LogP contribution in [0.5, 0.6) is 0 Å². The molecule has 2 rings (SSSR count). The van der Waals surface area contributed by atoms with E-state index in [0.29, 0.717) is 24.1 Å². The van der Waals surface area contributed by atoms with Gasteiger partial charge >= 0.3 is 11.8 Å². The Morgan fingerprint density at radius 3 is 2.50 bits per heavy atom. The maximum absolute atomic E-state index is 13.5. The van der Waals surface area contributed by atoms with Crippen LogP contribution in [-0.4, -0.2) is 41.7 Å². The van der Waals surface area contributed by atoms with Crippen LogP contribution >= 0.6 is 0 Å². The van der Waals surface area contributed by atoms with E-state index in [1.807, 2.05) is 37.3 Å². The van der Waals surface area contributed by atoms with Crippen molar-refractivity contribution < 1.29 is 27.5 Å². The molecular formula is C23H31F4N3O2. The average Bonchev–Trinajstić information content (AvgIpc) is 2.75. The van der Waals surface area contributed by atoms with E-state index < -0.39 is 42.6 Å². The number of alkyl halides is 4. The van der Waals surface area contributed by atoms with Gasteiger partial charge in [-0.25, -0.2) is 0 Å². The predicted molar refractivity (Wildman–Crippen MR) is 116 cm³/mol. The third kappa shape index (κ3) is 6.54. The molecule has 1 aliphatic rings. The molecule has 9 heteroatoms. The number of hydrogen-bond acceptors (Lipinski definition) is 4. The van der Waals surface area contributed by atoms with Crippen molar-refractivity contribution in [2.45, 2.75) is 69.8 Å². The fourth-order valence-electron chi connectivity index (χ4n) is 3.65. The standard InChI is InChI=1S/C23H31F4N3O2/c1-3-4-6-11-17(15-29-20(32)13-18-14-22(24,25)23(18,26)27)21(30-28-2)19(31)12-16-9-7-5-8-10-16/h5,7-10,15,18-19,28,31H,3-4,6,11-14H2,1-2H3,(H,29,32)/b17-15+,30-21+/t18-,19?/m1/s1. The Hall–Kier alpha value is -2.42. The van der Waals surface area contributed by atoms with Crippen molar-refractivity contribution in [1.82, 2.24) is 10.7 Å². The molecule has 0 heterocycles. The molecule has 2 atom stereocenters. The number of hydrazone groups is 1. The number of amides is 1. The highest BCUT2D eigenvalue weighted by Crippen LogP contribution is 2.56. The largest absolute Gasteiger partial charge is 0.386 e. The molecule has 32 heavy (non-hydrogen) atoms. The number of aliphatic hydroxyl groups excluding tert-OH is 1. The van der Waals surface area contributed by atoms with Gasteiger partial charge in [0.15, 0.2) is 0 Å². The molecule has 0 saturated heterocycles. The third-order valence-electron chi connectivity index (χ3n) is 5.54. The van der Waals surface area contributed by atoms with Gasteiger partial charge in [-0.05, 0) is 24.0 Å². The number of carbonyl (C=O) groups is 1. The first-order valence-corrected chi connectivity index (χ1v) is 10.8. The van der Waals surface area contributed by atoms with E-state index >= 15 is 0 Å². The van der Waals surface area contributed by atoms with E-state index in [2.05, 4.69) is 15.8 Å². The van der Waals surface area contributed by atoms with Crippen LogP contribution in [0.4, 0.5) is 17.6 Å². The van der Waals surface area contributed by atoms with Gasteiger partial charge in [0.05, 0.1) is 5.71 Å². The van der Waals surface area contributed by atoms with Gasteiger partial charge in [0.2, 0.25) is 5.91 Å². The lowest BCUT2D eigenvalue weighted by Gasteiger charge is -2.43. The molecule has 1 aliphatic carbocycles. The van der Waals surface area contributed by atoms with E-state index in [-0.39, 0.29) is 0 Å². The van der Waals surface area contributed by atoms with Gasteiger partial charge in [-0.15, -0.1) is 0 Å². The van der Waals surface area contributed by atoms with Gasteiger partial charge in [0.25, 0.3) is 0 Å². The molecule has 1 saturated carbocycles. The van der Waals surface area contributed by atoms with Crippen molar-refractivity contribution in [2.24, 2.45) is 11.0 Å². The van der Waals surface area contributed by atoms with Crippen molar-refractivity contribution in [2.75, 3.05) is 7.05 Å². The average molecular weight is 458 g/mol. The van der Waals surface area contributed by atoms with E-state index in [9.17, 15) is 27.5 Å². The molecule has 0 bridgehead atoms. The number of rotatable bonds is 12. The normalized spacial score (nSPS) is 20.9. The number of aliphatic hydroxyl groups is 1. The summed E-state index contributed by atoms with van der Waals surface area (Å²) in [5.74, 6) is -10.7. The second-order valence-corrected chi connectivity index (χ2v) is 8.05. The van der Waals surface area contributed by atoms with Gasteiger partial charge in [0, 0.05) is 38.4 Å². The van der Waals surface area contributed by atoms with Crippen LogP contribution in [0.2, 0.25) is 0 Å².